The first-order chi connectivity index (χ1) is 18.2. The first-order valence-corrected chi connectivity index (χ1v) is 13.4. The predicted octanol–water partition coefficient (Wildman–Crippen LogP) is 3.76. The van der Waals surface area contributed by atoms with Gasteiger partial charge in [-0.15, -0.1) is 0 Å². The van der Waals surface area contributed by atoms with Crippen molar-refractivity contribution in [2.45, 2.75) is 51.0 Å². The maximum absolute atomic E-state index is 15.8. The summed E-state index contributed by atoms with van der Waals surface area (Å²) in [7, 11) is 0. The number of β-amino-alcohol motifs (C(OH)–C–C–N with tert-alkyl or cyclic N) is 1. The Morgan fingerprint density at radius 2 is 2.05 bits per heavy atom. The van der Waals surface area contributed by atoms with Crippen LogP contribution in [0.5, 0.6) is 0 Å². The van der Waals surface area contributed by atoms with Gasteiger partial charge in [-0.3, -0.25) is 9.78 Å². The Labute approximate surface area is 226 Å². The molecular weight excluding hydrogens is 511 g/mol. The lowest BCUT2D eigenvalue weighted by molar-refractivity contribution is -0.0554. The maximum atomic E-state index is 15.8. The number of pyridine rings is 1. The van der Waals surface area contributed by atoms with E-state index >= 15 is 4.39 Å². The van der Waals surface area contributed by atoms with Gasteiger partial charge in [-0.05, 0) is 81.4 Å². The Morgan fingerprint density at radius 3 is 2.66 bits per heavy atom. The third-order valence-electron chi connectivity index (χ3n) is 8.26. The van der Waals surface area contributed by atoms with E-state index in [1.807, 2.05) is 0 Å². The number of carbonyl (C=O) groups excluding carboxylic acids is 1. The van der Waals surface area contributed by atoms with Crippen LogP contribution in [0.1, 0.15) is 66.0 Å². The van der Waals surface area contributed by atoms with Gasteiger partial charge in [0.1, 0.15) is 5.82 Å². The largest absolute Gasteiger partial charge is 0.395 e. The topological polar surface area (TPSA) is 110 Å². The van der Waals surface area contributed by atoms with Crippen molar-refractivity contribution in [3.63, 3.8) is 0 Å². The highest BCUT2D eigenvalue weighted by Gasteiger charge is 2.48. The van der Waals surface area contributed by atoms with Gasteiger partial charge in [0, 0.05) is 18.3 Å². The van der Waals surface area contributed by atoms with E-state index in [4.69, 9.17) is 16.3 Å². The van der Waals surface area contributed by atoms with E-state index in [0.29, 0.717) is 48.5 Å². The highest BCUT2D eigenvalue weighted by Crippen LogP contribution is 2.48. The second-order valence-electron chi connectivity index (χ2n) is 10.9. The fraction of sp³-hybridized carbons (Fsp3) is 0.536. The van der Waals surface area contributed by atoms with Crippen LogP contribution in [-0.4, -0.2) is 63.8 Å². The zero-order valence-electron chi connectivity index (χ0n) is 21.4. The van der Waals surface area contributed by atoms with Gasteiger partial charge >= 0.3 is 0 Å². The maximum Gasteiger partial charge on any atom is 0.257 e. The van der Waals surface area contributed by atoms with Crippen LogP contribution < -0.4 is 0 Å². The minimum atomic E-state index is -1.35. The molecule has 2 aliphatic heterocycles. The zero-order valence-corrected chi connectivity index (χ0v) is 22.1. The molecule has 1 amide bonds. The van der Waals surface area contributed by atoms with Gasteiger partial charge in [0.15, 0.2) is 6.23 Å². The van der Waals surface area contributed by atoms with Gasteiger partial charge in [-0.25, -0.2) is 4.39 Å². The minimum Gasteiger partial charge on any atom is -0.395 e. The van der Waals surface area contributed by atoms with E-state index < -0.39 is 29.0 Å². The number of hydrogen-bond donors (Lipinski definition) is 2. The number of amides is 1. The van der Waals surface area contributed by atoms with Crippen LogP contribution >= 0.6 is 11.6 Å². The fourth-order valence-corrected chi connectivity index (χ4v) is 5.64. The zero-order chi connectivity index (χ0) is 27.1. The molecule has 2 N–H and O–H groups in total. The molecular formula is C28H32ClFN4O4. The molecule has 1 aromatic carbocycles. The Hall–Kier alpha value is -2.61. The fourth-order valence-electron chi connectivity index (χ4n) is 5.53. The number of likely N-dealkylation sites (tertiary alicyclic amines) is 1. The number of ether oxygens (including phenoxy) is 1. The molecule has 2 unspecified atom stereocenters. The molecule has 1 aromatic heterocycles. The number of nitriles is 1. The van der Waals surface area contributed by atoms with Crippen LogP contribution in [0.15, 0.2) is 30.5 Å². The quantitative estimate of drug-likeness (QED) is 0.496. The number of nitrogens with zero attached hydrogens (tertiary/aromatic N) is 4. The Bertz CT molecular complexity index is 1240. The predicted molar refractivity (Wildman–Crippen MR) is 137 cm³/mol. The lowest BCUT2D eigenvalue weighted by Crippen LogP contribution is -2.43. The normalized spacial score (nSPS) is 22.7. The molecule has 2 aromatic rings. The third-order valence-corrected chi connectivity index (χ3v) is 8.49. The van der Waals surface area contributed by atoms with Gasteiger partial charge in [-0.2, -0.15) is 5.26 Å². The molecule has 3 aliphatic rings. The van der Waals surface area contributed by atoms with Crippen LogP contribution in [0, 0.1) is 28.5 Å². The molecule has 10 heteroatoms. The number of fused-ring (bicyclic) bond motifs is 1. The number of aliphatic hydroxyl groups is 2. The van der Waals surface area contributed by atoms with Crippen molar-refractivity contribution in [1.82, 2.24) is 14.8 Å². The molecule has 2 fully saturated rings. The van der Waals surface area contributed by atoms with E-state index in [2.05, 4.69) is 16.0 Å². The third kappa shape index (κ3) is 5.16. The lowest BCUT2D eigenvalue weighted by Gasteiger charge is -2.40. The van der Waals surface area contributed by atoms with Gasteiger partial charge in [-0.1, -0.05) is 11.6 Å². The summed E-state index contributed by atoms with van der Waals surface area (Å²) < 4.78 is 21.9. The average molecular weight is 543 g/mol. The smallest absolute Gasteiger partial charge is 0.257 e. The molecule has 3 heterocycles. The van der Waals surface area contributed by atoms with Crippen LogP contribution in [-0.2, 0) is 16.9 Å². The number of hydrogen-bond acceptors (Lipinski definition) is 7. The first kappa shape index (κ1) is 27.0. The van der Waals surface area contributed by atoms with E-state index in [9.17, 15) is 20.3 Å². The summed E-state index contributed by atoms with van der Waals surface area (Å²) in [5.74, 6) is -1.17. The Balaban J connectivity index is 1.44. The monoisotopic (exact) mass is 542 g/mol. The standard InChI is InChI=1S/C28H32ClFN4O4/c1-27(37,18-4-8-33(9-5-18)10-11-35)19-12-22-24(23(30)13-19)26(38-17-28(16-31)6-7-28)34(25(22)36)15-21-3-2-20(29)14-32-21/h2-3,12-14,18,26,35,37H,4-11,15,17H2,1H3. The van der Waals surface area contributed by atoms with Crippen molar-refractivity contribution in [2.24, 2.45) is 11.3 Å². The average Bonchev–Trinajstić information content (AvgIpc) is 3.64. The Morgan fingerprint density at radius 1 is 1.32 bits per heavy atom. The summed E-state index contributed by atoms with van der Waals surface area (Å²) >= 11 is 5.96. The second kappa shape index (κ2) is 10.5. The minimum absolute atomic E-state index is 0.0728. The molecule has 1 aliphatic carbocycles. The number of halogens is 2. The molecule has 0 bridgehead atoms. The van der Waals surface area contributed by atoms with E-state index in [1.165, 1.54) is 17.2 Å². The number of rotatable bonds is 9. The molecule has 0 spiro atoms. The second-order valence-corrected chi connectivity index (χ2v) is 11.3. The van der Waals surface area contributed by atoms with Gasteiger partial charge in [0.2, 0.25) is 0 Å². The number of carbonyl (C=O) groups is 1. The molecule has 38 heavy (non-hydrogen) atoms. The Kier molecular flexibility index (Phi) is 7.46. The van der Waals surface area contributed by atoms with Crippen LogP contribution in [0.2, 0.25) is 5.02 Å². The number of piperidine rings is 1. The van der Waals surface area contributed by atoms with Crippen molar-refractivity contribution < 1.29 is 24.1 Å². The summed E-state index contributed by atoms with van der Waals surface area (Å²) in [6.07, 6.45) is 3.26. The summed E-state index contributed by atoms with van der Waals surface area (Å²) in [5, 5.41) is 30.7. The first-order valence-electron chi connectivity index (χ1n) is 13.0. The number of aromatic nitrogens is 1. The summed E-state index contributed by atoms with van der Waals surface area (Å²) in [6, 6.07) is 8.54. The SMILES string of the molecule is CC(O)(c1cc(F)c2c(c1)C(=O)N(Cc1ccc(Cl)cn1)C2OCC1(C#N)CC1)C1CCN(CCO)CC1. The lowest BCUT2D eigenvalue weighted by atomic mass is 9.76. The molecule has 0 radical (unpaired) electrons. The summed E-state index contributed by atoms with van der Waals surface area (Å²) in [5.41, 5.74) is -0.756. The van der Waals surface area contributed by atoms with Crippen LogP contribution in [0.3, 0.4) is 0 Å². The van der Waals surface area contributed by atoms with Crippen molar-refractivity contribution in [2.75, 3.05) is 32.8 Å². The van der Waals surface area contributed by atoms with Crippen molar-refractivity contribution >= 4 is 17.5 Å². The van der Waals surface area contributed by atoms with Gasteiger partial charge in [0.05, 0.1) is 53.1 Å². The highest BCUT2D eigenvalue weighted by molar-refractivity contribution is 6.30. The van der Waals surface area contributed by atoms with Crippen LogP contribution in [0.25, 0.3) is 0 Å². The van der Waals surface area contributed by atoms with Crippen molar-refractivity contribution in [3.05, 3.63) is 63.7 Å². The number of aliphatic hydroxyl groups excluding tert-OH is 1. The number of benzene rings is 1. The highest BCUT2D eigenvalue weighted by atomic mass is 35.5. The molecule has 2 atom stereocenters. The van der Waals surface area contributed by atoms with E-state index in [0.717, 1.165) is 13.1 Å². The van der Waals surface area contributed by atoms with Crippen LogP contribution in [0.4, 0.5) is 4.39 Å². The molecule has 1 saturated heterocycles. The van der Waals surface area contributed by atoms with Gasteiger partial charge in [0.25, 0.3) is 5.91 Å². The summed E-state index contributed by atoms with van der Waals surface area (Å²) in [6.45, 7) is 3.97. The van der Waals surface area contributed by atoms with Crippen molar-refractivity contribution in [1.29, 1.82) is 5.26 Å². The molecule has 1 saturated carbocycles. The van der Waals surface area contributed by atoms with E-state index in [-0.39, 0.29) is 36.8 Å². The summed E-state index contributed by atoms with van der Waals surface area (Å²) in [4.78, 5) is 21.5. The van der Waals surface area contributed by atoms with Crippen molar-refractivity contribution in [3.8, 4) is 6.07 Å². The van der Waals surface area contributed by atoms with E-state index in [1.54, 1.807) is 25.1 Å². The molecule has 202 valence electrons. The van der Waals surface area contributed by atoms with Gasteiger partial charge < -0.3 is 24.7 Å². The molecule has 8 nitrogen and oxygen atoms in total. The molecule has 5 rings (SSSR count).